The number of aliphatic hydroxyl groups excluding tert-OH is 3. The lowest BCUT2D eigenvalue weighted by Crippen LogP contribution is -2.58. The predicted molar refractivity (Wildman–Crippen MR) is 223 cm³/mol. The SMILES string of the molecule is CO[C@H]1C[C@H](O[C@H]2[C@@H](O)C[C@H](O[C@@H]3[C@H](C)O[C@@H](O[C@H]4[C@@H](OC)C[C@H](O[C@@H]5CC6=CC[C@H]7C(=O)[C@@H](c8ccoc8C)CC[C@@H]7[C@@]6(C)C[C@H]5O)O[C@@H]4C)C[C@H]3OC)O[C@@H]2C)O[C@H](C)[C@H]1O. The van der Waals surface area contributed by atoms with Crippen LogP contribution in [-0.4, -0.2) is 153 Å². The summed E-state index contributed by atoms with van der Waals surface area (Å²) >= 11 is 0. The van der Waals surface area contributed by atoms with Gasteiger partial charge >= 0.3 is 0 Å². The number of allylic oxidation sites excluding steroid dienone is 1. The van der Waals surface area contributed by atoms with Crippen LogP contribution in [0.1, 0.15) is 110 Å². The van der Waals surface area contributed by atoms with Gasteiger partial charge in [-0.15, -0.1) is 0 Å². The fourth-order valence-electron chi connectivity index (χ4n) is 12.0. The van der Waals surface area contributed by atoms with Gasteiger partial charge in [-0.25, -0.2) is 0 Å². The first-order valence-electron chi connectivity index (χ1n) is 23.3. The molecule has 16 heteroatoms. The monoisotopic (exact) mass is 892 g/mol. The minimum Gasteiger partial charge on any atom is -0.469 e. The third-order valence-electron chi connectivity index (χ3n) is 15.6. The number of aliphatic hydroxyl groups is 3. The molecule has 6 fully saturated rings. The number of methoxy groups -OCH3 is 3. The molecule has 0 aromatic carbocycles. The molecule has 1 aromatic rings. The molecule has 2 saturated carbocycles. The zero-order valence-electron chi connectivity index (χ0n) is 38.4. The summed E-state index contributed by atoms with van der Waals surface area (Å²) in [4.78, 5) is 13.9. The van der Waals surface area contributed by atoms with Crippen molar-refractivity contribution in [2.45, 2.75) is 216 Å². The molecular weight excluding hydrogens is 821 g/mol. The Kier molecular flexibility index (Phi) is 14.9. The molecule has 0 amide bonds. The Morgan fingerprint density at radius 3 is 1.78 bits per heavy atom. The van der Waals surface area contributed by atoms with Gasteiger partial charge in [0.15, 0.2) is 25.2 Å². The van der Waals surface area contributed by atoms with E-state index in [4.69, 9.17) is 56.5 Å². The van der Waals surface area contributed by atoms with Crippen molar-refractivity contribution < 1.29 is 76.6 Å². The van der Waals surface area contributed by atoms with Crippen LogP contribution in [0.2, 0.25) is 0 Å². The maximum Gasteiger partial charge on any atom is 0.161 e. The molecule has 4 saturated heterocycles. The van der Waals surface area contributed by atoms with Gasteiger partial charge in [-0.05, 0) is 84.1 Å². The van der Waals surface area contributed by atoms with Crippen LogP contribution >= 0.6 is 0 Å². The first kappa shape index (κ1) is 47.6. The standard InChI is InChI=1S/C47H72O16/c1-22-28(14-15-55-22)29-12-13-31-30(43(29)51)11-10-27-16-34(33(49)21-47(27,31)6)60-39-19-36(53-8)46(25(4)58-39)63-41-20-37(54-9)45(26(5)59-41)62-38-17-32(48)44(24(3)57-38)61-40-18-35(52-7)42(50)23(2)56-40/h10,14-15,23-26,29-42,44-46,48-50H,11-13,16-21H2,1-9H3/t23-,24-,25-,26+,29-,30-,31+,32+,33-,34-,35+,36+,37-,38+,39+,40+,41+,42-,44-,45-,46-,47+/m1/s1. The number of rotatable bonds is 12. The van der Waals surface area contributed by atoms with E-state index >= 15 is 0 Å². The van der Waals surface area contributed by atoms with Gasteiger partial charge in [0.2, 0.25) is 0 Å². The maximum absolute atomic E-state index is 13.9. The second kappa shape index (κ2) is 19.8. The van der Waals surface area contributed by atoms with Crippen LogP contribution in [-0.2, 0) is 56.9 Å². The summed E-state index contributed by atoms with van der Waals surface area (Å²) in [5.74, 6) is 1.09. The number of hydrogen-bond donors (Lipinski definition) is 3. The van der Waals surface area contributed by atoms with Gasteiger partial charge in [0, 0.05) is 64.4 Å². The van der Waals surface area contributed by atoms with Gasteiger partial charge in [0.1, 0.15) is 36.0 Å². The Morgan fingerprint density at radius 1 is 0.667 bits per heavy atom. The molecule has 8 rings (SSSR count). The lowest BCUT2D eigenvalue weighted by Gasteiger charge is -2.54. The van der Waals surface area contributed by atoms with Crippen LogP contribution in [0, 0.1) is 24.2 Å². The van der Waals surface area contributed by atoms with E-state index in [2.05, 4.69) is 13.0 Å². The van der Waals surface area contributed by atoms with E-state index < -0.39 is 105 Å². The summed E-state index contributed by atoms with van der Waals surface area (Å²) in [7, 11) is 4.81. The Labute approximate surface area is 371 Å². The lowest BCUT2D eigenvalue weighted by molar-refractivity contribution is -0.347. The van der Waals surface area contributed by atoms with E-state index in [1.54, 1.807) is 34.5 Å². The fourth-order valence-corrected chi connectivity index (χ4v) is 12.0. The molecule has 5 heterocycles. The average molecular weight is 893 g/mol. The molecule has 0 bridgehead atoms. The van der Waals surface area contributed by atoms with Gasteiger partial charge in [0.25, 0.3) is 0 Å². The molecule has 3 N–H and O–H groups in total. The third-order valence-corrected chi connectivity index (χ3v) is 15.6. The van der Waals surface area contributed by atoms with Crippen molar-refractivity contribution in [3.05, 3.63) is 35.3 Å². The van der Waals surface area contributed by atoms with Crippen LogP contribution in [0.4, 0.5) is 0 Å². The zero-order valence-corrected chi connectivity index (χ0v) is 38.4. The minimum atomic E-state index is -0.900. The van der Waals surface area contributed by atoms with Crippen LogP contribution in [0.15, 0.2) is 28.4 Å². The molecule has 0 spiro atoms. The number of fused-ring (bicyclic) bond motifs is 3. The third kappa shape index (κ3) is 9.65. The molecule has 4 aliphatic heterocycles. The van der Waals surface area contributed by atoms with Crippen molar-refractivity contribution in [3.63, 3.8) is 0 Å². The van der Waals surface area contributed by atoms with Crippen molar-refractivity contribution in [2.75, 3.05) is 21.3 Å². The number of ether oxygens (including phenoxy) is 11. The number of carbonyl (C=O) groups is 1. The minimum absolute atomic E-state index is 0.0698. The normalized spacial score (nSPS) is 48.3. The summed E-state index contributed by atoms with van der Waals surface area (Å²) in [5, 5.41) is 33.2. The van der Waals surface area contributed by atoms with Gasteiger partial charge < -0.3 is 71.8 Å². The Hall–Kier alpha value is -1.87. The van der Waals surface area contributed by atoms with Crippen LogP contribution < -0.4 is 0 Å². The number of ketones is 1. The highest BCUT2D eigenvalue weighted by Gasteiger charge is 2.55. The molecule has 356 valence electrons. The second-order valence-corrected chi connectivity index (χ2v) is 19.4. The van der Waals surface area contributed by atoms with Crippen molar-refractivity contribution in [3.8, 4) is 0 Å². The Bertz CT molecular complexity index is 1710. The number of furan rings is 1. The van der Waals surface area contributed by atoms with E-state index in [0.29, 0.717) is 44.3 Å². The van der Waals surface area contributed by atoms with E-state index in [1.165, 1.54) is 5.57 Å². The Morgan fingerprint density at radius 2 is 1.21 bits per heavy atom. The van der Waals surface area contributed by atoms with Crippen molar-refractivity contribution in [1.82, 2.24) is 0 Å². The zero-order chi connectivity index (χ0) is 44.9. The summed E-state index contributed by atoms with van der Waals surface area (Å²) < 4.78 is 73.6. The summed E-state index contributed by atoms with van der Waals surface area (Å²) in [6.45, 7) is 11.6. The van der Waals surface area contributed by atoms with Gasteiger partial charge in [-0.3, -0.25) is 4.79 Å². The molecule has 16 nitrogen and oxygen atoms in total. The molecule has 7 aliphatic rings. The summed E-state index contributed by atoms with van der Waals surface area (Å²) in [5.41, 5.74) is 1.99. The van der Waals surface area contributed by atoms with Crippen LogP contribution in [0.3, 0.4) is 0 Å². The maximum atomic E-state index is 13.9. The van der Waals surface area contributed by atoms with Gasteiger partial charge in [-0.2, -0.15) is 0 Å². The lowest BCUT2D eigenvalue weighted by atomic mass is 9.51. The van der Waals surface area contributed by atoms with E-state index in [9.17, 15) is 20.1 Å². The highest BCUT2D eigenvalue weighted by atomic mass is 16.8. The van der Waals surface area contributed by atoms with Crippen molar-refractivity contribution >= 4 is 5.78 Å². The number of aryl methyl sites for hydroxylation is 1. The molecule has 0 unspecified atom stereocenters. The quantitative estimate of drug-likeness (QED) is 0.246. The van der Waals surface area contributed by atoms with E-state index in [0.717, 1.165) is 24.2 Å². The van der Waals surface area contributed by atoms with Crippen molar-refractivity contribution in [2.24, 2.45) is 17.3 Å². The number of carbonyl (C=O) groups excluding carboxylic acids is 1. The summed E-state index contributed by atoms with van der Waals surface area (Å²) in [6.07, 6.45) is -1.66. The molecular formula is C47H72O16. The van der Waals surface area contributed by atoms with Crippen molar-refractivity contribution in [1.29, 1.82) is 0 Å². The smallest absolute Gasteiger partial charge is 0.161 e. The average Bonchev–Trinajstić information content (AvgIpc) is 3.67. The van der Waals surface area contributed by atoms with Gasteiger partial charge in [-0.1, -0.05) is 18.6 Å². The molecule has 1 aromatic heterocycles. The van der Waals surface area contributed by atoms with E-state index in [-0.39, 0.29) is 35.7 Å². The molecule has 63 heavy (non-hydrogen) atoms. The van der Waals surface area contributed by atoms with Crippen LogP contribution in [0.5, 0.6) is 0 Å². The predicted octanol–water partition coefficient (Wildman–Crippen LogP) is 4.61. The first-order chi connectivity index (χ1) is 30.1. The Balaban J connectivity index is 0.826. The number of hydrogen-bond acceptors (Lipinski definition) is 16. The second-order valence-electron chi connectivity index (χ2n) is 19.4. The van der Waals surface area contributed by atoms with E-state index in [1.807, 2.05) is 33.8 Å². The largest absolute Gasteiger partial charge is 0.469 e. The van der Waals surface area contributed by atoms with Gasteiger partial charge in [0.05, 0.1) is 67.3 Å². The first-order valence-corrected chi connectivity index (χ1v) is 23.3. The molecule has 0 radical (unpaired) electrons. The summed E-state index contributed by atoms with van der Waals surface area (Å²) in [6, 6.07) is 1.94. The molecule has 22 atom stereocenters. The highest BCUT2D eigenvalue weighted by molar-refractivity contribution is 5.89. The highest BCUT2D eigenvalue weighted by Crippen LogP contribution is 2.58. The van der Waals surface area contributed by atoms with Crippen LogP contribution in [0.25, 0.3) is 0 Å². The topological polar surface area (TPSA) is 192 Å². The molecule has 3 aliphatic carbocycles. The number of Topliss-reactive ketones (excluding diaryl/α,β-unsaturated/α-hetero) is 1. The fraction of sp³-hybridized carbons (Fsp3) is 0.851.